The third-order valence-corrected chi connectivity index (χ3v) is 4.11. The van der Waals surface area contributed by atoms with Crippen molar-refractivity contribution in [1.82, 2.24) is 0 Å². The fraction of sp³-hybridized carbons (Fsp3) is 0.462. The topological polar surface area (TPSA) is 63.2 Å². The zero-order valence-electron chi connectivity index (χ0n) is 11.1. The molecule has 0 saturated carbocycles. The van der Waals surface area contributed by atoms with Crippen molar-refractivity contribution in [3.63, 3.8) is 0 Å². The summed E-state index contributed by atoms with van der Waals surface area (Å²) in [5.41, 5.74) is 1.29. The van der Waals surface area contributed by atoms with Crippen molar-refractivity contribution in [1.29, 1.82) is 0 Å². The van der Waals surface area contributed by atoms with Crippen molar-refractivity contribution in [2.45, 2.75) is 44.4 Å². The van der Waals surface area contributed by atoms with Crippen LogP contribution in [0.3, 0.4) is 0 Å². The van der Waals surface area contributed by atoms with E-state index in [0.717, 1.165) is 19.3 Å². The van der Waals surface area contributed by atoms with Gasteiger partial charge in [-0.1, -0.05) is 19.8 Å². The minimum absolute atomic E-state index is 0.0376. The average Bonchev–Trinajstić information content (AvgIpc) is 2.31. The van der Waals surface area contributed by atoms with E-state index < -0.39 is 9.05 Å². The van der Waals surface area contributed by atoms with Gasteiger partial charge in [0.2, 0.25) is 5.91 Å². The number of benzene rings is 1. The van der Waals surface area contributed by atoms with E-state index in [-0.39, 0.29) is 10.8 Å². The van der Waals surface area contributed by atoms with Crippen molar-refractivity contribution in [3.05, 3.63) is 23.8 Å². The molecule has 1 amide bonds. The van der Waals surface area contributed by atoms with Crippen molar-refractivity contribution in [2.24, 2.45) is 0 Å². The molecule has 0 aliphatic carbocycles. The summed E-state index contributed by atoms with van der Waals surface area (Å²) in [7, 11) is 1.53. The molecule has 6 heteroatoms. The fourth-order valence-electron chi connectivity index (χ4n) is 1.68. The van der Waals surface area contributed by atoms with Crippen LogP contribution >= 0.6 is 10.7 Å². The standard InChI is InChI=1S/C13H18ClNO3S/c1-3-4-5-6-13(16)15-12-8-7-11(9-10(12)2)19(14,17)18/h7-9H,3-6H2,1-2H3,(H,15,16). The summed E-state index contributed by atoms with van der Waals surface area (Å²) in [6, 6.07) is 4.39. The first-order valence-corrected chi connectivity index (χ1v) is 8.50. The van der Waals surface area contributed by atoms with E-state index in [1.54, 1.807) is 13.0 Å². The Balaban J connectivity index is 2.73. The summed E-state index contributed by atoms with van der Waals surface area (Å²) < 4.78 is 22.3. The number of carbonyl (C=O) groups excluding carboxylic acids is 1. The largest absolute Gasteiger partial charge is 0.326 e. The van der Waals surface area contributed by atoms with Gasteiger partial charge in [0.25, 0.3) is 9.05 Å². The lowest BCUT2D eigenvalue weighted by molar-refractivity contribution is -0.116. The van der Waals surface area contributed by atoms with Gasteiger partial charge >= 0.3 is 0 Å². The fourth-order valence-corrected chi connectivity index (χ4v) is 2.51. The van der Waals surface area contributed by atoms with Crippen LogP contribution in [0, 0.1) is 6.92 Å². The van der Waals surface area contributed by atoms with E-state index in [0.29, 0.717) is 17.7 Å². The Morgan fingerprint density at radius 2 is 2.00 bits per heavy atom. The second kappa shape index (κ2) is 6.91. The number of halogens is 1. The first-order valence-electron chi connectivity index (χ1n) is 6.19. The Morgan fingerprint density at radius 3 is 2.53 bits per heavy atom. The molecular formula is C13H18ClNO3S. The molecule has 0 fully saturated rings. The van der Waals surface area contributed by atoms with Crippen LogP contribution in [0.4, 0.5) is 5.69 Å². The normalized spacial score (nSPS) is 11.3. The highest BCUT2D eigenvalue weighted by molar-refractivity contribution is 8.13. The summed E-state index contributed by atoms with van der Waals surface area (Å²) in [6.45, 7) is 3.81. The van der Waals surface area contributed by atoms with Crippen LogP contribution in [0.2, 0.25) is 0 Å². The molecule has 0 aliphatic rings. The summed E-state index contributed by atoms with van der Waals surface area (Å²) in [5, 5.41) is 2.77. The number of hydrogen-bond acceptors (Lipinski definition) is 3. The first kappa shape index (κ1) is 16.0. The molecule has 0 heterocycles. The van der Waals surface area contributed by atoms with Crippen LogP contribution in [0.15, 0.2) is 23.1 Å². The van der Waals surface area contributed by atoms with Gasteiger partial charge in [-0.2, -0.15) is 0 Å². The maximum Gasteiger partial charge on any atom is 0.261 e. The summed E-state index contributed by atoms with van der Waals surface area (Å²) in [4.78, 5) is 11.7. The maximum atomic E-state index is 11.7. The quantitative estimate of drug-likeness (QED) is 0.647. The molecule has 0 aromatic heterocycles. The number of nitrogens with one attached hydrogen (secondary N) is 1. The van der Waals surface area contributed by atoms with Crippen molar-refractivity contribution in [3.8, 4) is 0 Å². The highest BCUT2D eigenvalue weighted by Gasteiger charge is 2.12. The van der Waals surface area contributed by atoms with Gasteiger partial charge in [0.15, 0.2) is 0 Å². The molecule has 106 valence electrons. The first-order chi connectivity index (χ1) is 8.84. The highest BCUT2D eigenvalue weighted by Crippen LogP contribution is 2.22. The summed E-state index contributed by atoms with van der Waals surface area (Å²) in [5.74, 6) is -0.0574. The molecule has 1 aromatic rings. The smallest absolute Gasteiger partial charge is 0.261 e. The molecule has 0 saturated heterocycles. The Morgan fingerprint density at radius 1 is 1.32 bits per heavy atom. The molecule has 0 aliphatic heterocycles. The monoisotopic (exact) mass is 303 g/mol. The Kier molecular flexibility index (Phi) is 5.82. The van der Waals surface area contributed by atoms with Crippen LogP contribution in [0.5, 0.6) is 0 Å². The third-order valence-electron chi connectivity index (χ3n) is 2.76. The van der Waals surface area contributed by atoms with Crippen LogP contribution in [-0.2, 0) is 13.8 Å². The van der Waals surface area contributed by atoms with E-state index in [9.17, 15) is 13.2 Å². The molecule has 0 radical (unpaired) electrons. The zero-order chi connectivity index (χ0) is 14.5. The number of rotatable bonds is 6. The summed E-state index contributed by atoms with van der Waals surface area (Å²) in [6.07, 6.45) is 3.42. The van der Waals surface area contributed by atoms with Gasteiger partial charge in [-0.05, 0) is 37.1 Å². The van der Waals surface area contributed by atoms with Crippen LogP contribution in [-0.4, -0.2) is 14.3 Å². The van der Waals surface area contributed by atoms with Gasteiger partial charge < -0.3 is 5.32 Å². The predicted molar refractivity (Wildman–Crippen MR) is 77.0 cm³/mol. The maximum absolute atomic E-state index is 11.7. The van der Waals surface area contributed by atoms with Crippen molar-refractivity contribution in [2.75, 3.05) is 5.32 Å². The number of aryl methyl sites for hydroxylation is 1. The van der Waals surface area contributed by atoms with Gasteiger partial charge in [-0.15, -0.1) is 0 Å². The van der Waals surface area contributed by atoms with Gasteiger partial charge in [0.05, 0.1) is 4.90 Å². The molecule has 1 N–H and O–H groups in total. The third kappa shape index (κ3) is 5.20. The van der Waals surface area contributed by atoms with E-state index in [4.69, 9.17) is 10.7 Å². The molecular weight excluding hydrogens is 286 g/mol. The molecule has 1 aromatic carbocycles. The van der Waals surface area contributed by atoms with Gasteiger partial charge in [0.1, 0.15) is 0 Å². The average molecular weight is 304 g/mol. The van der Waals surface area contributed by atoms with E-state index in [1.807, 2.05) is 0 Å². The second-order valence-electron chi connectivity index (χ2n) is 4.42. The second-order valence-corrected chi connectivity index (χ2v) is 6.99. The van der Waals surface area contributed by atoms with E-state index >= 15 is 0 Å². The van der Waals surface area contributed by atoms with E-state index in [1.165, 1.54) is 12.1 Å². The SMILES string of the molecule is CCCCCC(=O)Nc1ccc(S(=O)(=O)Cl)cc1C. The van der Waals surface area contributed by atoms with Crippen LogP contribution < -0.4 is 5.32 Å². The lowest BCUT2D eigenvalue weighted by Gasteiger charge is -2.09. The Bertz CT molecular complexity index is 555. The number of amides is 1. The molecule has 0 bridgehead atoms. The van der Waals surface area contributed by atoms with E-state index in [2.05, 4.69) is 12.2 Å². The predicted octanol–water partition coefficient (Wildman–Crippen LogP) is 3.44. The number of anilines is 1. The lowest BCUT2D eigenvalue weighted by Crippen LogP contribution is -2.12. The molecule has 0 unspecified atom stereocenters. The molecule has 0 spiro atoms. The van der Waals surface area contributed by atoms with Crippen LogP contribution in [0.25, 0.3) is 0 Å². The molecule has 1 rings (SSSR count). The zero-order valence-corrected chi connectivity index (χ0v) is 12.6. The number of carbonyl (C=O) groups is 1. The van der Waals surface area contributed by atoms with Crippen molar-refractivity contribution < 1.29 is 13.2 Å². The summed E-state index contributed by atoms with van der Waals surface area (Å²) >= 11 is 0. The van der Waals surface area contributed by atoms with Gasteiger partial charge in [0, 0.05) is 22.8 Å². The lowest BCUT2D eigenvalue weighted by atomic mass is 10.1. The Labute approximate surface area is 118 Å². The van der Waals surface area contributed by atoms with Crippen molar-refractivity contribution >= 4 is 31.3 Å². The molecule has 4 nitrogen and oxygen atoms in total. The van der Waals surface area contributed by atoms with Gasteiger partial charge in [-0.3, -0.25) is 4.79 Å². The van der Waals surface area contributed by atoms with Gasteiger partial charge in [-0.25, -0.2) is 8.42 Å². The Hall–Kier alpha value is -1.07. The number of hydrogen-bond donors (Lipinski definition) is 1. The number of unbranched alkanes of at least 4 members (excludes halogenated alkanes) is 2. The molecule has 0 atom stereocenters. The highest BCUT2D eigenvalue weighted by atomic mass is 35.7. The minimum atomic E-state index is -3.73. The molecule has 19 heavy (non-hydrogen) atoms. The minimum Gasteiger partial charge on any atom is -0.326 e. The van der Waals surface area contributed by atoms with Crippen LogP contribution in [0.1, 0.15) is 38.2 Å².